The zero-order valence-corrected chi connectivity index (χ0v) is 19.0. The minimum absolute atomic E-state index is 0.0760. The highest BCUT2D eigenvalue weighted by Gasteiger charge is 2.40. The number of H-pyrrole nitrogens is 1. The van der Waals surface area contributed by atoms with Crippen LogP contribution in [0.4, 0.5) is 24.5 Å². The number of rotatable bonds is 5. The molecule has 0 saturated carbocycles. The molecule has 0 aliphatic heterocycles. The average Bonchev–Trinajstić information content (AvgIpc) is 2.78. The molecule has 3 aromatic rings. The van der Waals surface area contributed by atoms with E-state index in [-0.39, 0.29) is 32.9 Å². The maximum Gasteiger partial charge on any atom is 0.434 e. The topological polar surface area (TPSA) is 134 Å². The first-order chi connectivity index (χ1) is 16.4. The number of carbonyl (C=O) groups is 2. The van der Waals surface area contributed by atoms with Crippen LogP contribution < -0.4 is 16.6 Å². The summed E-state index contributed by atoms with van der Waals surface area (Å²) in [5, 5.41) is 2.36. The minimum atomic E-state index is -5.08. The Morgan fingerprint density at radius 1 is 1.23 bits per heavy atom. The van der Waals surface area contributed by atoms with E-state index in [1.54, 1.807) is 0 Å². The molecule has 182 valence electrons. The number of amides is 2. The van der Waals surface area contributed by atoms with Gasteiger partial charge in [0, 0.05) is 37.3 Å². The molecule has 0 aliphatic carbocycles. The number of alkyl halides is 3. The lowest BCUT2D eigenvalue weighted by molar-refractivity contribution is -0.113. The first kappa shape index (κ1) is 25.4. The van der Waals surface area contributed by atoms with Crippen molar-refractivity contribution in [3.05, 3.63) is 75.6 Å². The van der Waals surface area contributed by atoms with Crippen molar-refractivity contribution in [2.45, 2.75) is 6.18 Å². The lowest BCUT2D eigenvalue weighted by atomic mass is 10.1. The van der Waals surface area contributed by atoms with Gasteiger partial charge in [-0.15, -0.1) is 0 Å². The molecule has 0 radical (unpaired) electrons. The summed E-state index contributed by atoms with van der Waals surface area (Å²) < 4.78 is 41.9. The number of fused-ring (bicyclic) bond motifs is 1. The number of hydrogen-bond donors (Lipinski definition) is 3. The lowest BCUT2D eigenvalue weighted by Gasteiger charge is -2.15. The van der Waals surface area contributed by atoms with E-state index in [4.69, 9.17) is 17.3 Å². The van der Waals surface area contributed by atoms with Crippen LogP contribution in [0.15, 0.2) is 64.3 Å². The number of nitrogens with zero attached hydrogens (tertiary/aromatic N) is 3. The third-order valence-electron chi connectivity index (χ3n) is 4.67. The standard InChI is InChI=1S/C22H18ClF3N6O3/c1-32(2)21(35)17-15(23)8-11(10-29-17)30-20(34)14(9-27)18(22(24,25)26)31-16-5-3-4-13-12(16)6-7-28-19(13)33/h3-10H,27H2,1-2H3,(H,28,33)(H,30,34). The lowest BCUT2D eigenvalue weighted by Crippen LogP contribution is -2.32. The average molecular weight is 507 g/mol. The van der Waals surface area contributed by atoms with Crippen LogP contribution >= 0.6 is 11.6 Å². The van der Waals surface area contributed by atoms with Crippen LogP contribution in [-0.4, -0.2) is 52.7 Å². The summed E-state index contributed by atoms with van der Waals surface area (Å²) in [4.78, 5) is 47.9. The van der Waals surface area contributed by atoms with Crippen LogP contribution in [0.5, 0.6) is 0 Å². The molecule has 13 heteroatoms. The number of aromatic nitrogens is 2. The molecule has 0 atom stereocenters. The Morgan fingerprint density at radius 2 is 1.94 bits per heavy atom. The molecule has 0 bridgehead atoms. The Morgan fingerprint density at radius 3 is 2.54 bits per heavy atom. The summed E-state index contributed by atoms with van der Waals surface area (Å²) in [7, 11) is 2.97. The van der Waals surface area contributed by atoms with Gasteiger partial charge in [-0.05, 0) is 24.3 Å². The summed E-state index contributed by atoms with van der Waals surface area (Å²) in [5.41, 5.74) is 1.95. The van der Waals surface area contributed by atoms with Gasteiger partial charge < -0.3 is 20.9 Å². The van der Waals surface area contributed by atoms with Gasteiger partial charge in [-0.1, -0.05) is 17.7 Å². The first-order valence-corrected chi connectivity index (χ1v) is 10.2. The van der Waals surface area contributed by atoms with Gasteiger partial charge >= 0.3 is 6.18 Å². The Hall–Kier alpha value is -4.19. The predicted molar refractivity (Wildman–Crippen MR) is 126 cm³/mol. The van der Waals surface area contributed by atoms with E-state index < -0.39 is 34.8 Å². The number of hydrogen-bond acceptors (Lipinski definition) is 6. The zero-order chi connectivity index (χ0) is 25.9. The van der Waals surface area contributed by atoms with E-state index in [9.17, 15) is 27.6 Å². The smallest absolute Gasteiger partial charge is 0.404 e. The van der Waals surface area contributed by atoms with Crippen LogP contribution in [0.2, 0.25) is 5.02 Å². The van der Waals surface area contributed by atoms with Crippen molar-refractivity contribution in [3.63, 3.8) is 0 Å². The highest BCUT2D eigenvalue weighted by molar-refractivity contribution is 6.34. The van der Waals surface area contributed by atoms with Crippen molar-refractivity contribution in [1.82, 2.24) is 14.9 Å². The van der Waals surface area contributed by atoms with Gasteiger partial charge in [0.15, 0.2) is 5.71 Å². The molecule has 0 fully saturated rings. The fourth-order valence-corrected chi connectivity index (χ4v) is 3.28. The van der Waals surface area contributed by atoms with Gasteiger partial charge in [0.25, 0.3) is 17.4 Å². The van der Waals surface area contributed by atoms with E-state index in [0.717, 1.165) is 6.20 Å². The predicted octanol–water partition coefficient (Wildman–Crippen LogP) is 3.39. The highest BCUT2D eigenvalue weighted by Crippen LogP contribution is 2.30. The molecule has 3 rings (SSSR count). The second-order valence-corrected chi connectivity index (χ2v) is 7.70. The molecular formula is C22H18ClF3N6O3. The molecule has 35 heavy (non-hydrogen) atoms. The molecule has 2 heterocycles. The Bertz CT molecular complexity index is 1430. The number of pyridine rings is 2. The molecule has 2 amide bonds. The van der Waals surface area contributed by atoms with Gasteiger partial charge in [-0.2, -0.15) is 13.2 Å². The Kier molecular flexibility index (Phi) is 7.25. The molecule has 2 aromatic heterocycles. The summed E-state index contributed by atoms with van der Waals surface area (Å²) >= 11 is 6.04. The van der Waals surface area contributed by atoms with Crippen LogP contribution in [0, 0.1) is 0 Å². The maximum absolute atomic E-state index is 14.0. The first-order valence-electron chi connectivity index (χ1n) is 9.81. The quantitative estimate of drug-likeness (QED) is 0.360. The summed E-state index contributed by atoms with van der Waals surface area (Å²) in [6, 6.07) is 6.61. The van der Waals surface area contributed by atoms with Crippen LogP contribution in [0.1, 0.15) is 10.5 Å². The number of halogens is 4. The van der Waals surface area contributed by atoms with E-state index in [2.05, 4.69) is 20.3 Å². The molecule has 9 nitrogen and oxygen atoms in total. The van der Waals surface area contributed by atoms with Gasteiger partial charge in [-0.3, -0.25) is 14.4 Å². The summed E-state index contributed by atoms with van der Waals surface area (Å²) in [6.45, 7) is 0. The monoisotopic (exact) mass is 506 g/mol. The molecule has 1 aromatic carbocycles. The Labute approximate surface area is 201 Å². The van der Waals surface area contributed by atoms with Crippen LogP contribution in [0.3, 0.4) is 0 Å². The number of aliphatic imine (C=N–C) groups is 1. The van der Waals surface area contributed by atoms with Crippen molar-refractivity contribution < 1.29 is 22.8 Å². The van der Waals surface area contributed by atoms with Gasteiger partial charge in [0.05, 0.1) is 28.2 Å². The number of nitrogens with two attached hydrogens (primary N) is 1. The van der Waals surface area contributed by atoms with Crippen LogP contribution in [0.25, 0.3) is 10.8 Å². The number of carbonyl (C=O) groups excluding carboxylic acids is 2. The van der Waals surface area contributed by atoms with E-state index in [0.29, 0.717) is 6.20 Å². The summed E-state index contributed by atoms with van der Waals surface area (Å²) in [6.07, 6.45) is -2.27. The van der Waals surface area contributed by atoms with Crippen molar-refractivity contribution in [2.75, 3.05) is 19.4 Å². The molecule has 0 spiro atoms. The molecule has 0 saturated heterocycles. The number of benzene rings is 1. The van der Waals surface area contributed by atoms with Crippen molar-refractivity contribution in [2.24, 2.45) is 10.7 Å². The molecule has 0 unspecified atom stereocenters. The third-order valence-corrected chi connectivity index (χ3v) is 4.96. The number of aromatic amines is 1. The minimum Gasteiger partial charge on any atom is -0.404 e. The van der Waals surface area contributed by atoms with Gasteiger partial charge in [0.2, 0.25) is 0 Å². The molecule has 4 N–H and O–H groups in total. The van der Waals surface area contributed by atoms with Crippen molar-refractivity contribution in [1.29, 1.82) is 0 Å². The Balaban J connectivity index is 2.01. The SMILES string of the molecule is CN(C)C(=O)c1ncc(NC(=O)C(=CN)C(=Nc2cccc3c(=O)[nH]ccc23)C(F)(F)F)cc1Cl. The number of nitrogens with one attached hydrogen (secondary N) is 2. The zero-order valence-electron chi connectivity index (χ0n) is 18.3. The van der Waals surface area contributed by atoms with Crippen LogP contribution in [-0.2, 0) is 4.79 Å². The van der Waals surface area contributed by atoms with Gasteiger partial charge in [-0.25, -0.2) is 9.98 Å². The fourth-order valence-electron chi connectivity index (χ4n) is 3.03. The van der Waals surface area contributed by atoms with Crippen molar-refractivity contribution in [3.8, 4) is 0 Å². The third kappa shape index (κ3) is 5.49. The van der Waals surface area contributed by atoms with E-state index in [1.807, 2.05) is 0 Å². The van der Waals surface area contributed by atoms with E-state index in [1.165, 1.54) is 55.5 Å². The fraction of sp³-hybridized carbons (Fsp3) is 0.136. The summed E-state index contributed by atoms with van der Waals surface area (Å²) in [5.74, 6) is -1.75. The number of anilines is 1. The highest BCUT2D eigenvalue weighted by atomic mass is 35.5. The molecule has 0 aliphatic rings. The second-order valence-electron chi connectivity index (χ2n) is 7.29. The van der Waals surface area contributed by atoms with Crippen molar-refractivity contribution >= 4 is 51.3 Å². The van der Waals surface area contributed by atoms with E-state index >= 15 is 0 Å². The maximum atomic E-state index is 14.0. The second kappa shape index (κ2) is 9.97. The normalized spacial score (nSPS) is 12.5. The molecular weight excluding hydrogens is 489 g/mol. The van der Waals surface area contributed by atoms with Gasteiger partial charge in [0.1, 0.15) is 5.69 Å². The largest absolute Gasteiger partial charge is 0.434 e.